The fourth-order valence-electron chi connectivity index (χ4n) is 3.86. The van der Waals surface area contributed by atoms with E-state index in [1.165, 1.54) is 9.21 Å². The lowest BCUT2D eigenvalue weighted by Gasteiger charge is -2.32. The van der Waals surface area contributed by atoms with Crippen molar-refractivity contribution in [3.8, 4) is 0 Å². The van der Waals surface area contributed by atoms with Crippen LogP contribution in [0.1, 0.15) is 57.2 Å². The Hall–Kier alpha value is -2.29. The van der Waals surface area contributed by atoms with Gasteiger partial charge in [0.05, 0.1) is 22.0 Å². The van der Waals surface area contributed by atoms with Crippen molar-refractivity contribution < 1.29 is 18.0 Å². The molecule has 7 nitrogen and oxygen atoms in total. The summed E-state index contributed by atoms with van der Waals surface area (Å²) in [5.74, 6) is -0.550. The van der Waals surface area contributed by atoms with Gasteiger partial charge < -0.3 is 10.2 Å². The molecule has 10 heteroatoms. The number of aryl methyl sites for hydroxylation is 2. The molecule has 0 aliphatic heterocycles. The van der Waals surface area contributed by atoms with Crippen molar-refractivity contribution >= 4 is 50.7 Å². The number of nitrogens with zero attached hydrogens (tertiary/aromatic N) is 2. The van der Waals surface area contributed by atoms with Gasteiger partial charge in [0, 0.05) is 25.0 Å². The van der Waals surface area contributed by atoms with Crippen molar-refractivity contribution in [3.63, 3.8) is 0 Å². The minimum Gasteiger partial charge on any atom is -0.350 e. The Kier molecular flexibility index (Phi) is 10.5. The predicted octanol–water partition coefficient (Wildman–Crippen LogP) is 5.49. The lowest BCUT2D eigenvalue weighted by atomic mass is 10.1. The van der Waals surface area contributed by atoms with E-state index in [4.69, 9.17) is 23.2 Å². The summed E-state index contributed by atoms with van der Waals surface area (Å²) in [6.07, 6.45) is 1.50. The summed E-state index contributed by atoms with van der Waals surface area (Å²) < 4.78 is 26.5. The van der Waals surface area contributed by atoms with Gasteiger partial charge in [-0.1, -0.05) is 41.4 Å². The van der Waals surface area contributed by atoms with Crippen molar-refractivity contribution in [1.82, 2.24) is 10.2 Å². The molecule has 1 N–H and O–H groups in total. The Morgan fingerprint density at radius 2 is 1.68 bits per heavy atom. The van der Waals surface area contributed by atoms with Crippen LogP contribution < -0.4 is 9.62 Å². The molecule has 0 aliphatic rings. The normalized spacial score (nSPS) is 12.7. The third-order valence-electron chi connectivity index (χ3n) is 5.79. The summed E-state index contributed by atoms with van der Waals surface area (Å²) >= 11 is 12.2. The van der Waals surface area contributed by atoms with Crippen LogP contribution in [0.25, 0.3) is 0 Å². The largest absolute Gasteiger partial charge is 0.350 e. The highest BCUT2D eigenvalue weighted by atomic mass is 35.5. The van der Waals surface area contributed by atoms with Gasteiger partial charge in [0.2, 0.25) is 21.8 Å². The molecule has 0 aliphatic carbocycles. The van der Waals surface area contributed by atoms with Gasteiger partial charge in [-0.05, 0) is 82.9 Å². The van der Waals surface area contributed by atoms with Crippen LogP contribution in [0.3, 0.4) is 0 Å². The molecule has 2 aromatic carbocycles. The van der Waals surface area contributed by atoms with E-state index in [1.54, 1.807) is 25.1 Å². The number of carbonyl (C=O) groups is 2. The van der Waals surface area contributed by atoms with Crippen LogP contribution in [0, 0.1) is 13.8 Å². The first-order valence-corrected chi connectivity index (χ1v) is 14.7. The van der Waals surface area contributed by atoms with E-state index in [1.807, 2.05) is 52.8 Å². The van der Waals surface area contributed by atoms with Crippen LogP contribution in [0.2, 0.25) is 10.0 Å². The number of carbonyl (C=O) groups excluding carboxylic acids is 2. The molecule has 1 atom stereocenters. The number of rotatable bonds is 10. The third kappa shape index (κ3) is 9.20. The highest BCUT2D eigenvalue weighted by Crippen LogP contribution is 2.26. The van der Waals surface area contributed by atoms with Gasteiger partial charge in [0.15, 0.2) is 0 Å². The molecule has 0 fully saturated rings. The van der Waals surface area contributed by atoms with Gasteiger partial charge in [-0.3, -0.25) is 13.9 Å². The first-order valence-electron chi connectivity index (χ1n) is 12.1. The molecule has 204 valence electrons. The summed E-state index contributed by atoms with van der Waals surface area (Å²) in [7, 11) is -3.57. The van der Waals surface area contributed by atoms with E-state index in [9.17, 15) is 18.0 Å². The number of nitrogens with one attached hydrogen (secondary N) is 1. The van der Waals surface area contributed by atoms with Crippen LogP contribution >= 0.6 is 23.2 Å². The summed E-state index contributed by atoms with van der Waals surface area (Å²) in [5, 5.41) is 3.67. The topological polar surface area (TPSA) is 86.8 Å². The highest BCUT2D eigenvalue weighted by molar-refractivity contribution is 7.92. The molecular weight excluding hydrogens is 533 g/mol. The average Bonchev–Trinajstić information content (AvgIpc) is 2.76. The Balaban J connectivity index is 2.25. The standard InChI is InChI=1S/C27H37Cl2N3O4S/c1-18-10-11-19(2)24(15-18)32(37(7,35)36)14-8-9-25(33)31(20(3)26(34)30-27(4,5)6)17-21-12-13-22(28)23(29)16-21/h10-13,15-16,20H,8-9,14,17H2,1-7H3,(H,30,34)/t20-/m0/s1. The average molecular weight is 571 g/mol. The molecule has 37 heavy (non-hydrogen) atoms. The number of sulfonamides is 1. The fraction of sp³-hybridized carbons (Fsp3) is 0.481. The highest BCUT2D eigenvalue weighted by Gasteiger charge is 2.29. The fourth-order valence-corrected chi connectivity index (χ4v) is 5.20. The van der Waals surface area contributed by atoms with Crippen LogP contribution in [0.5, 0.6) is 0 Å². The number of benzene rings is 2. The Labute approximate surface area is 231 Å². The Bertz CT molecular complexity index is 1240. The van der Waals surface area contributed by atoms with Crippen LogP contribution in [0.4, 0.5) is 5.69 Å². The zero-order chi connectivity index (χ0) is 28.1. The molecule has 2 amide bonds. The molecule has 0 radical (unpaired) electrons. The number of anilines is 1. The lowest BCUT2D eigenvalue weighted by Crippen LogP contribution is -2.52. The maximum absolute atomic E-state index is 13.4. The molecule has 2 rings (SSSR count). The Morgan fingerprint density at radius 1 is 1.03 bits per heavy atom. The zero-order valence-electron chi connectivity index (χ0n) is 22.6. The van der Waals surface area contributed by atoms with Gasteiger partial charge in [-0.25, -0.2) is 8.42 Å². The van der Waals surface area contributed by atoms with Gasteiger partial charge in [0.25, 0.3) is 0 Å². The Morgan fingerprint density at radius 3 is 2.24 bits per heavy atom. The molecule has 0 aromatic heterocycles. The molecule has 0 spiro atoms. The summed E-state index contributed by atoms with van der Waals surface area (Å²) in [6, 6.07) is 9.95. The van der Waals surface area contributed by atoms with Crippen molar-refractivity contribution in [1.29, 1.82) is 0 Å². The van der Waals surface area contributed by atoms with E-state index in [2.05, 4.69) is 5.32 Å². The molecule has 2 aromatic rings. The molecule has 0 bridgehead atoms. The predicted molar refractivity (Wildman–Crippen MR) is 152 cm³/mol. The summed E-state index contributed by atoms with van der Waals surface area (Å²) in [4.78, 5) is 27.9. The summed E-state index contributed by atoms with van der Waals surface area (Å²) in [6.45, 7) is 11.3. The third-order valence-corrected chi connectivity index (χ3v) is 7.71. The SMILES string of the molecule is Cc1ccc(C)c(N(CCCC(=O)N(Cc2ccc(Cl)c(Cl)c2)[C@@H](C)C(=O)NC(C)(C)C)S(C)(=O)=O)c1. The van der Waals surface area contributed by atoms with Crippen molar-refractivity contribution in [2.24, 2.45) is 0 Å². The van der Waals surface area contributed by atoms with Crippen molar-refractivity contribution in [2.75, 3.05) is 17.1 Å². The number of hydrogen-bond donors (Lipinski definition) is 1. The number of amides is 2. The number of halogens is 2. The minimum absolute atomic E-state index is 0.0609. The quantitative estimate of drug-likeness (QED) is 0.410. The zero-order valence-corrected chi connectivity index (χ0v) is 24.9. The maximum Gasteiger partial charge on any atom is 0.242 e. The summed E-state index contributed by atoms with van der Waals surface area (Å²) in [5.41, 5.74) is 2.63. The van der Waals surface area contributed by atoms with Gasteiger partial charge in [-0.15, -0.1) is 0 Å². The van der Waals surface area contributed by atoms with E-state index in [0.717, 1.165) is 22.9 Å². The first-order chi connectivity index (χ1) is 17.0. The van der Waals surface area contributed by atoms with E-state index in [-0.39, 0.29) is 37.7 Å². The molecule has 0 heterocycles. The van der Waals surface area contributed by atoms with E-state index in [0.29, 0.717) is 15.7 Å². The second kappa shape index (κ2) is 12.5. The van der Waals surface area contributed by atoms with Crippen LogP contribution in [-0.4, -0.2) is 49.5 Å². The first kappa shape index (κ1) is 30.9. The van der Waals surface area contributed by atoms with Gasteiger partial charge in [0.1, 0.15) is 6.04 Å². The molecule has 0 saturated carbocycles. The van der Waals surface area contributed by atoms with Crippen molar-refractivity contribution in [2.45, 2.75) is 72.5 Å². The molecule has 0 saturated heterocycles. The van der Waals surface area contributed by atoms with E-state index < -0.39 is 21.6 Å². The van der Waals surface area contributed by atoms with E-state index >= 15 is 0 Å². The van der Waals surface area contributed by atoms with Gasteiger partial charge >= 0.3 is 0 Å². The molecule has 0 unspecified atom stereocenters. The second-order valence-electron chi connectivity index (χ2n) is 10.4. The molecular formula is C27H37Cl2N3O4S. The smallest absolute Gasteiger partial charge is 0.242 e. The lowest BCUT2D eigenvalue weighted by molar-refractivity contribution is -0.141. The van der Waals surface area contributed by atoms with Crippen molar-refractivity contribution in [3.05, 3.63) is 63.1 Å². The maximum atomic E-state index is 13.4. The minimum atomic E-state index is -3.57. The number of hydrogen-bond acceptors (Lipinski definition) is 4. The monoisotopic (exact) mass is 569 g/mol. The van der Waals surface area contributed by atoms with Gasteiger partial charge in [-0.2, -0.15) is 0 Å². The van der Waals surface area contributed by atoms with Crippen LogP contribution in [0.15, 0.2) is 36.4 Å². The second-order valence-corrected chi connectivity index (χ2v) is 13.1. The van der Waals surface area contributed by atoms with Crippen LogP contribution in [-0.2, 0) is 26.2 Å².